The Kier molecular flexibility index (Phi) is 9.00. The lowest BCUT2D eigenvalue weighted by Gasteiger charge is -2.17. The number of rotatable bonds is 11. The van der Waals surface area contributed by atoms with Crippen LogP contribution in [0.5, 0.6) is 5.75 Å². The van der Waals surface area contributed by atoms with Gasteiger partial charge in [0.1, 0.15) is 11.4 Å². The highest BCUT2D eigenvalue weighted by Crippen LogP contribution is 2.25. The molecule has 0 aromatic carbocycles. The van der Waals surface area contributed by atoms with E-state index in [-0.39, 0.29) is 6.04 Å². The molecule has 0 radical (unpaired) electrons. The van der Waals surface area contributed by atoms with Crippen molar-refractivity contribution in [2.24, 2.45) is 5.84 Å². The molecule has 4 nitrogen and oxygen atoms in total. The van der Waals surface area contributed by atoms with Crippen LogP contribution < -0.4 is 16.0 Å². The van der Waals surface area contributed by atoms with Crippen molar-refractivity contribution < 1.29 is 4.74 Å². The van der Waals surface area contributed by atoms with Crippen LogP contribution in [0.1, 0.15) is 70.0 Å². The lowest BCUT2D eigenvalue weighted by Crippen LogP contribution is -2.29. The summed E-state index contributed by atoms with van der Waals surface area (Å²) in [6.07, 6.45) is 11.9. The van der Waals surface area contributed by atoms with Gasteiger partial charge < -0.3 is 4.74 Å². The maximum atomic E-state index is 5.66. The highest BCUT2D eigenvalue weighted by Gasteiger charge is 2.15. The molecule has 114 valence electrons. The normalized spacial score (nSPS) is 12.3. The summed E-state index contributed by atoms with van der Waals surface area (Å²) in [6, 6.07) is 3.88. The maximum absolute atomic E-state index is 5.66. The molecule has 1 heterocycles. The average molecular weight is 279 g/mol. The van der Waals surface area contributed by atoms with Crippen LogP contribution in [0, 0.1) is 0 Å². The fourth-order valence-corrected chi connectivity index (χ4v) is 2.44. The third-order valence-electron chi connectivity index (χ3n) is 3.65. The molecule has 1 rings (SSSR count). The van der Waals surface area contributed by atoms with Crippen LogP contribution >= 0.6 is 0 Å². The smallest absolute Gasteiger partial charge is 0.142 e. The van der Waals surface area contributed by atoms with Crippen molar-refractivity contribution in [2.45, 2.75) is 64.3 Å². The number of methoxy groups -OCH3 is 1. The van der Waals surface area contributed by atoms with E-state index in [0.717, 1.165) is 17.9 Å². The Bertz CT molecular complexity index is 357. The number of nitrogens with two attached hydrogens (primary N) is 1. The number of hydrogen-bond acceptors (Lipinski definition) is 4. The average Bonchev–Trinajstić information content (AvgIpc) is 2.50. The molecule has 20 heavy (non-hydrogen) atoms. The highest BCUT2D eigenvalue weighted by molar-refractivity contribution is 5.29. The quantitative estimate of drug-likeness (QED) is 0.368. The van der Waals surface area contributed by atoms with E-state index >= 15 is 0 Å². The number of hydrogen-bond donors (Lipinski definition) is 2. The first-order valence-electron chi connectivity index (χ1n) is 7.78. The molecule has 0 bridgehead atoms. The second-order valence-electron chi connectivity index (χ2n) is 5.22. The lowest BCUT2D eigenvalue weighted by molar-refractivity contribution is 0.386. The van der Waals surface area contributed by atoms with Gasteiger partial charge in [-0.2, -0.15) is 0 Å². The van der Waals surface area contributed by atoms with Gasteiger partial charge in [0.25, 0.3) is 0 Å². The fraction of sp³-hybridized carbons (Fsp3) is 0.688. The van der Waals surface area contributed by atoms with E-state index in [4.69, 9.17) is 10.6 Å². The zero-order valence-corrected chi connectivity index (χ0v) is 12.9. The summed E-state index contributed by atoms with van der Waals surface area (Å²) < 4.78 is 5.34. The number of pyridine rings is 1. The molecule has 1 unspecified atom stereocenters. The van der Waals surface area contributed by atoms with Gasteiger partial charge in [-0.25, -0.2) is 0 Å². The largest absolute Gasteiger partial charge is 0.495 e. The van der Waals surface area contributed by atoms with Crippen LogP contribution in [0.2, 0.25) is 0 Å². The second kappa shape index (κ2) is 10.6. The Labute approximate surface area is 123 Å². The van der Waals surface area contributed by atoms with Crippen LogP contribution in [0.4, 0.5) is 0 Å². The SMILES string of the molecule is CCCCCCCCCC(NN)c1ncccc1OC. The van der Waals surface area contributed by atoms with Gasteiger partial charge in [-0.15, -0.1) is 0 Å². The number of aromatic nitrogens is 1. The molecule has 0 fully saturated rings. The summed E-state index contributed by atoms with van der Waals surface area (Å²) in [4.78, 5) is 4.39. The topological polar surface area (TPSA) is 60.2 Å². The van der Waals surface area contributed by atoms with E-state index in [1.165, 1.54) is 44.9 Å². The van der Waals surface area contributed by atoms with E-state index in [1.807, 2.05) is 12.1 Å². The first-order chi connectivity index (χ1) is 9.83. The Balaban J connectivity index is 2.32. The number of hydrazine groups is 1. The summed E-state index contributed by atoms with van der Waals surface area (Å²) in [6.45, 7) is 2.25. The standard InChI is InChI=1S/C16H29N3O/c1-3-4-5-6-7-8-9-11-14(19-17)16-15(20-2)12-10-13-18-16/h10,12-14,19H,3-9,11,17H2,1-2H3. The third kappa shape index (κ3) is 5.88. The summed E-state index contributed by atoms with van der Waals surface area (Å²) >= 11 is 0. The van der Waals surface area contributed by atoms with Gasteiger partial charge >= 0.3 is 0 Å². The van der Waals surface area contributed by atoms with Crippen LogP contribution in [0.15, 0.2) is 18.3 Å². The van der Waals surface area contributed by atoms with Crippen molar-refractivity contribution in [1.29, 1.82) is 0 Å². The first kappa shape index (κ1) is 16.9. The van der Waals surface area contributed by atoms with E-state index in [9.17, 15) is 0 Å². The molecule has 1 aromatic rings. The second-order valence-corrected chi connectivity index (χ2v) is 5.22. The van der Waals surface area contributed by atoms with Gasteiger partial charge in [0, 0.05) is 6.20 Å². The number of ether oxygens (including phenoxy) is 1. The zero-order valence-electron chi connectivity index (χ0n) is 12.9. The molecular formula is C16H29N3O. The molecule has 0 aliphatic rings. The maximum Gasteiger partial charge on any atom is 0.142 e. The van der Waals surface area contributed by atoms with Crippen LogP contribution in [0.25, 0.3) is 0 Å². The lowest BCUT2D eigenvalue weighted by atomic mass is 10.0. The first-order valence-corrected chi connectivity index (χ1v) is 7.78. The van der Waals surface area contributed by atoms with Crippen molar-refractivity contribution >= 4 is 0 Å². The van der Waals surface area contributed by atoms with Crippen molar-refractivity contribution in [3.63, 3.8) is 0 Å². The Morgan fingerprint density at radius 1 is 1.20 bits per heavy atom. The fourth-order valence-electron chi connectivity index (χ4n) is 2.44. The van der Waals surface area contributed by atoms with Gasteiger partial charge in [-0.3, -0.25) is 16.3 Å². The molecule has 0 saturated carbocycles. The Morgan fingerprint density at radius 3 is 2.55 bits per heavy atom. The number of unbranched alkanes of at least 4 members (excludes halogenated alkanes) is 6. The molecule has 4 heteroatoms. The van der Waals surface area contributed by atoms with E-state index in [0.29, 0.717) is 0 Å². The number of nitrogens with one attached hydrogen (secondary N) is 1. The van der Waals surface area contributed by atoms with Crippen LogP contribution in [0.3, 0.4) is 0 Å². The van der Waals surface area contributed by atoms with E-state index in [2.05, 4.69) is 17.3 Å². The van der Waals surface area contributed by atoms with Gasteiger partial charge in [0.15, 0.2) is 0 Å². The summed E-state index contributed by atoms with van der Waals surface area (Å²) in [7, 11) is 1.67. The molecule has 0 spiro atoms. The van der Waals surface area contributed by atoms with Gasteiger partial charge in [0.2, 0.25) is 0 Å². The Hall–Kier alpha value is -1.13. The minimum Gasteiger partial charge on any atom is -0.495 e. The molecule has 1 aromatic heterocycles. The van der Waals surface area contributed by atoms with Crippen LogP contribution in [-0.4, -0.2) is 12.1 Å². The molecule has 1 atom stereocenters. The van der Waals surface area contributed by atoms with Crippen molar-refractivity contribution in [1.82, 2.24) is 10.4 Å². The monoisotopic (exact) mass is 279 g/mol. The third-order valence-corrected chi connectivity index (χ3v) is 3.65. The van der Waals surface area contributed by atoms with Gasteiger partial charge in [0.05, 0.1) is 13.2 Å². The van der Waals surface area contributed by atoms with E-state index < -0.39 is 0 Å². The molecule has 0 aliphatic carbocycles. The summed E-state index contributed by atoms with van der Waals surface area (Å²) in [5.74, 6) is 6.47. The minimum atomic E-state index is 0.0711. The highest BCUT2D eigenvalue weighted by atomic mass is 16.5. The summed E-state index contributed by atoms with van der Waals surface area (Å²) in [5, 5.41) is 0. The Morgan fingerprint density at radius 2 is 1.90 bits per heavy atom. The molecule has 0 saturated heterocycles. The van der Waals surface area contributed by atoms with Crippen LogP contribution in [-0.2, 0) is 0 Å². The molecule has 0 aliphatic heterocycles. The predicted molar refractivity (Wildman–Crippen MR) is 83.5 cm³/mol. The van der Waals surface area contributed by atoms with Crippen molar-refractivity contribution in [2.75, 3.05) is 7.11 Å². The molecule has 0 amide bonds. The van der Waals surface area contributed by atoms with Crippen molar-refractivity contribution in [3.05, 3.63) is 24.0 Å². The zero-order chi connectivity index (χ0) is 14.6. The molecular weight excluding hydrogens is 250 g/mol. The van der Waals surface area contributed by atoms with Gasteiger partial charge in [-0.05, 0) is 18.6 Å². The van der Waals surface area contributed by atoms with Crippen molar-refractivity contribution in [3.8, 4) is 5.75 Å². The van der Waals surface area contributed by atoms with E-state index in [1.54, 1.807) is 13.3 Å². The molecule has 3 N–H and O–H groups in total. The van der Waals surface area contributed by atoms with Gasteiger partial charge in [-0.1, -0.05) is 51.9 Å². The predicted octanol–water partition coefficient (Wildman–Crippen LogP) is 3.74. The minimum absolute atomic E-state index is 0.0711. The number of nitrogens with zero attached hydrogens (tertiary/aromatic N) is 1. The summed E-state index contributed by atoms with van der Waals surface area (Å²) in [5.41, 5.74) is 3.77.